The molecule has 4 nitrogen and oxygen atoms in total. The molecule has 5 aromatic rings. The van der Waals surface area contributed by atoms with Crippen LogP contribution in [0.1, 0.15) is 5.56 Å². The molecule has 170 valence electrons. The highest BCUT2D eigenvalue weighted by atomic mass is 32.2. The third-order valence-electron chi connectivity index (χ3n) is 5.37. The standard InChI is InChI=1S/C28H22O4S2/c1-34(29,30)24-15-12-21(13-16-24)28-27(32-22-10-6-3-7-11-22)25-17-14-23(18-26(25)33-28)31-19-20-8-4-2-5-9-20/h2-18H,19H2,1H3. The summed E-state index contributed by atoms with van der Waals surface area (Å²) in [6, 6.07) is 32.6. The second-order valence-corrected chi connectivity index (χ2v) is 11.0. The SMILES string of the molecule is CS(=O)(=O)c1ccc(-c2sc3cc(OCc4ccccc4)ccc3c2Oc2ccccc2)cc1. The topological polar surface area (TPSA) is 52.6 Å². The number of fused-ring (bicyclic) bond motifs is 1. The van der Waals surface area contributed by atoms with Gasteiger partial charge in [-0.2, -0.15) is 0 Å². The number of sulfone groups is 1. The van der Waals surface area contributed by atoms with Crippen molar-refractivity contribution in [2.24, 2.45) is 0 Å². The zero-order valence-electron chi connectivity index (χ0n) is 18.5. The first-order valence-electron chi connectivity index (χ1n) is 10.7. The van der Waals surface area contributed by atoms with Gasteiger partial charge in [-0.1, -0.05) is 60.7 Å². The van der Waals surface area contributed by atoms with Crippen LogP contribution >= 0.6 is 11.3 Å². The summed E-state index contributed by atoms with van der Waals surface area (Å²) in [4.78, 5) is 1.22. The monoisotopic (exact) mass is 486 g/mol. The van der Waals surface area contributed by atoms with Gasteiger partial charge < -0.3 is 9.47 Å². The molecule has 0 N–H and O–H groups in total. The Morgan fingerprint density at radius 1 is 0.765 bits per heavy atom. The van der Waals surface area contributed by atoms with Crippen LogP contribution in [-0.2, 0) is 16.4 Å². The Bertz CT molecular complexity index is 1520. The fourth-order valence-corrected chi connectivity index (χ4v) is 5.43. The second kappa shape index (κ2) is 9.33. The number of benzene rings is 4. The third-order valence-corrected chi connectivity index (χ3v) is 7.68. The number of ether oxygens (including phenoxy) is 2. The average molecular weight is 487 g/mol. The molecule has 0 spiro atoms. The highest BCUT2D eigenvalue weighted by molar-refractivity contribution is 7.90. The van der Waals surface area contributed by atoms with E-state index in [1.807, 2.05) is 91.0 Å². The third kappa shape index (κ3) is 4.83. The summed E-state index contributed by atoms with van der Waals surface area (Å²) in [5, 5.41) is 0.975. The highest BCUT2D eigenvalue weighted by Gasteiger charge is 2.18. The highest BCUT2D eigenvalue weighted by Crippen LogP contribution is 2.47. The summed E-state index contributed by atoms with van der Waals surface area (Å²) in [6.07, 6.45) is 1.21. The Balaban J connectivity index is 1.54. The normalized spacial score (nSPS) is 11.4. The van der Waals surface area contributed by atoms with Crippen molar-refractivity contribution < 1.29 is 17.9 Å². The Hall–Kier alpha value is -3.61. The van der Waals surface area contributed by atoms with Gasteiger partial charge in [0.25, 0.3) is 0 Å². The molecule has 0 amide bonds. The molecule has 0 atom stereocenters. The van der Waals surface area contributed by atoms with Crippen LogP contribution in [-0.4, -0.2) is 14.7 Å². The van der Waals surface area contributed by atoms with Gasteiger partial charge in [-0.3, -0.25) is 0 Å². The van der Waals surface area contributed by atoms with E-state index in [4.69, 9.17) is 9.47 Å². The van der Waals surface area contributed by atoms with Crippen LogP contribution in [0.2, 0.25) is 0 Å². The molecule has 0 unspecified atom stereocenters. The minimum absolute atomic E-state index is 0.291. The first kappa shape index (κ1) is 22.2. The van der Waals surface area contributed by atoms with Crippen molar-refractivity contribution in [1.29, 1.82) is 0 Å². The number of rotatable bonds is 7. The first-order chi connectivity index (χ1) is 16.5. The summed E-state index contributed by atoms with van der Waals surface area (Å²) in [5.74, 6) is 2.26. The van der Waals surface area contributed by atoms with E-state index in [9.17, 15) is 8.42 Å². The van der Waals surface area contributed by atoms with Crippen molar-refractivity contribution >= 4 is 31.3 Å². The van der Waals surface area contributed by atoms with Crippen molar-refractivity contribution in [3.8, 4) is 27.7 Å². The molecule has 34 heavy (non-hydrogen) atoms. The summed E-state index contributed by atoms with van der Waals surface area (Å²) in [6.45, 7) is 0.491. The van der Waals surface area contributed by atoms with Crippen LogP contribution in [0.4, 0.5) is 0 Å². The molecule has 1 heterocycles. The van der Waals surface area contributed by atoms with Crippen molar-refractivity contribution in [3.05, 3.63) is 109 Å². The minimum atomic E-state index is -3.26. The molecular weight excluding hydrogens is 464 g/mol. The summed E-state index contributed by atoms with van der Waals surface area (Å²) < 4.78 is 37.2. The number of para-hydroxylation sites is 1. The van der Waals surface area contributed by atoms with Crippen molar-refractivity contribution in [3.63, 3.8) is 0 Å². The fraction of sp³-hybridized carbons (Fsp3) is 0.0714. The largest absolute Gasteiger partial charge is 0.489 e. The number of hydrogen-bond donors (Lipinski definition) is 0. The molecule has 0 bridgehead atoms. The lowest BCUT2D eigenvalue weighted by Crippen LogP contribution is -1.96. The molecule has 0 aliphatic carbocycles. The van der Waals surface area contributed by atoms with Crippen LogP contribution in [0.5, 0.6) is 17.2 Å². The smallest absolute Gasteiger partial charge is 0.175 e. The van der Waals surface area contributed by atoms with E-state index in [-0.39, 0.29) is 0 Å². The molecule has 0 aliphatic heterocycles. The fourth-order valence-electron chi connectivity index (χ4n) is 3.64. The van der Waals surface area contributed by atoms with Gasteiger partial charge in [0, 0.05) is 16.3 Å². The molecule has 0 saturated carbocycles. The molecule has 6 heteroatoms. The average Bonchev–Trinajstić information content (AvgIpc) is 3.21. The van der Waals surface area contributed by atoms with Gasteiger partial charge in [-0.25, -0.2) is 8.42 Å². The number of hydrogen-bond acceptors (Lipinski definition) is 5. The summed E-state index contributed by atoms with van der Waals surface area (Å²) in [5.41, 5.74) is 2.00. The second-order valence-electron chi connectivity index (χ2n) is 7.90. The predicted molar refractivity (Wildman–Crippen MR) is 138 cm³/mol. The Labute approximate surface area is 203 Å². The molecule has 0 saturated heterocycles. The van der Waals surface area contributed by atoms with E-state index in [1.165, 1.54) is 6.26 Å². The van der Waals surface area contributed by atoms with Gasteiger partial charge in [0.2, 0.25) is 0 Å². The quantitative estimate of drug-likeness (QED) is 0.241. The van der Waals surface area contributed by atoms with Gasteiger partial charge in [0.1, 0.15) is 18.1 Å². The lowest BCUT2D eigenvalue weighted by atomic mass is 10.1. The van der Waals surface area contributed by atoms with Crippen LogP contribution in [0.25, 0.3) is 20.5 Å². The van der Waals surface area contributed by atoms with Gasteiger partial charge in [0.15, 0.2) is 15.6 Å². The molecule has 1 aromatic heterocycles. The van der Waals surface area contributed by atoms with Crippen molar-refractivity contribution in [2.45, 2.75) is 11.5 Å². The van der Waals surface area contributed by atoms with Gasteiger partial charge in [0.05, 0.1) is 9.77 Å². The van der Waals surface area contributed by atoms with E-state index >= 15 is 0 Å². The Morgan fingerprint density at radius 3 is 2.12 bits per heavy atom. The molecule has 0 radical (unpaired) electrons. The molecule has 5 rings (SSSR count). The first-order valence-corrected chi connectivity index (χ1v) is 13.4. The van der Waals surface area contributed by atoms with Crippen molar-refractivity contribution in [1.82, 2.24) is 0 Å². The maximum absolute atomic E-state index is 11.9. The predicted octanol–water partition coefficient (Wildman–Crippen LogP) is 7.34. The van der Waals surface area contributed by atoms with E-state index in [0.717, 1.165) is 43.3 Å². The summed E-state index contributed by atoms with van der Waals surface area (Å²) >= 11 is 1.59. The van der Waals surface area contributed by atoms with Gasteiger partial charge >= 0.3 is 0 Å². The lowest BCUT2D eigenvalue weighted by Gasteiger charge is -2.09. The van der Waals surface area contributed by atoms with E-state index in [2.05, 4.69) is 0 Å². The maximum Gasteiger partial charge on any atom is 0.175 e. The Morgan fingerprint density at radius 2 is 1.44 bits per heavy atom. The van der Waals surface area contributed by atoms with Crippen LogP contribution in [0.3, 0.4) is 0 Å². The zero-order valence-corrected chi connectivity index (χ0v) is 20.1. The van der Waals surface area contributed by atoms with E-state index in [1.54, 1.807) is 23.5 Å². The lowest BCUT2D eigenvalue weighted by molar-refractivity contribution is 0.306. The van der Waals surface area contributed by atoms with Gasteiger partial charge in [-0.05, 0) is 53.6 Å². The van der Waals surface area contributed by atoms with E-state index in [0.29, 0.717) is 11.5 Å². The van der Waals surface area contributed by atoms with Crippen LogP contribution in [0.15, 0.2) is 108 Å². The molecule has 0 aliphatic rings. The maximum atomic E-state index is 11.9. The number of thiophene rings is 1. The minimum Gasteiger partial charge on any atom is -0.489 e. The van der Waals surface area contributed by atoms with Gasteiger partial charge in [-0.15, -0.1) is 11.3 Å². The van der Waals surface area contributed by atoms with E-state index < -0.39 is 9.84 Å². The summed E-state index contributed by atoms with van der Waals surface area (Å²) in [7, 11) is -3.26. The molecule has 0 fully saturated rings. The Kier molecular flexibility index (Phi) is 6.09. The van der Waals surface area contributed by atoms with Crippen LogP contribution < -0.4 is 9.47 Å². The molecular formula is C28H22O4S2. The zero-order chi connectivity index (χ0) is 23.5. The molecule has 4 aromatic carbocycles. The van der Waals surface area contributed by atoms with Crippen LogP contribution in [0, 0.1) is 0 Å². The van der Waals surface area contributed by atoms with Crippen molar-refractivity contribution in [2.75, 3.05) is 6.26 Å².